The quantitative estimate of drug-likeness (QED) is 0.845. The molecule has 0 amide bonds. The first kappa shape index (κ1) is 12.5. The highest BCUT2D eigenvalue weighted by atomic mass is 15.2. The summed E-state index contributed by atoms with van der Waals surface area (Å²) in [6.07, 6.45) is 6.45. The molecule has 1 saturated heterocycles. The fourth-order valence-electron chi connectivity index (χ4n) is 2.58. The molecule has 1 aliphatic rings. The van der Waals surface area contributed by atoms with Gasteiger partial charge in [-0.05, 0) is 57.5 Å². The Labute approximate surface area is 104 Å². The minimum atomic E-state index is 0.399. The van der Waals surface area contributed by atoms with Crippen molar-refractivity contribution in [2.24, 2.45) is 0 Å². The monoisotopic (exact) mass is 233 g/mol. The zero-order chi connectivity index (χ0) is 12.1. The van der Waals surface area contributed by atoms with Crippen molar-refractivity contribution >= 4 is 0 Å². The van der Waals surface area contributed by atoms with Crippen LogP contribution in [0.2, 0.25) is 0 Å². The molecule has 94 valence electrons. The molecule has 1 aromatic heterocycles. The summed E-state index contributed by atoms with van der Waals surface area (Å²) in [6, 6.07) is 5.10. The third-order valence-corrected chi connectivity index (χ3v) is 3.47. The van der Waals surface area contributed by atoms with Crippen molar-refractivity contribution < 1.29 is 0 Å². The van der Waals surface area contributed by atoms with Gasteiger partial charge in [-0.2, -0.15) is 0 Å². The summed E-state index contributed by atoms with van der Waals surface area (Å²) < 4.78 is 0. The normalized spacial score (nSPS) is 20.4. The van der Waals surface area contributed by atoms with Crippen LogP contribution >= 0.6 is 0 Å². The van der Waals surface area contributed by atoms with E-state index in [4.69, 9.17) is 0 Å². The van der Waals surface area contributed by atoms with E-state index >= 15 is 0 Å². The highest BCUT2D eigenvalue weighted by molar-refractivity contribution is 5.14. The molecule has 1 N–H and O–H groups in total. The summed E-state index contributed by atoms with van der Waals surface area (Å²) >= 11 is 0. The molecular formula is C14H23N3. The average Bonchev–Trinajstić information content (AvgIpc) is 2.82. The number of rotatable bonds is 5. The van der Waals surface area contributed by atoms with Crippen LogP contribution in [0.4, 0.5) is 0 Å². The molecule has 0 aliphatic carbocycles. The van der Waals surface area contributed by atoms with Crippen LogP contribution in [-0.4, -0.2) is 35.6 Å². The van der Waals surface area contributed by atoms with E-state index in [1.54, 1.807) is 0 Å². The Bertz CT molecular complexity index is 319. The lowest BCUT2D eigenvalue weighted by molar-refractivity contribution is 0.289. The van der Waals surface area contributed by atoms with Gasteiger partial charge in [-0.25, -0.2) is 0 Å². The minimum Gasteiger partial charge on any atom is -0.306 e. The molecule has 2 atom stereocenters. The lowest BCUT2D eigenvalue weighted by Gasteiger charge is -2.24. The summed E-state index contributed by atoms with van der Waals surface area (Å²) in [5.41, 5.74) is 1.31. The first-order valence-electron chi connectivity index (χ1n) is 6.64. The van der Waals surface area contributed by atoms with Gasteiger partial charge in [0.05, 0.1) is 0 Å². The van der Waals surface area contributed by atoms with Gasteiger partial charge in [0.2, 0.25) is 0 Å². The van der Waals surface area contributed by atoms with Crippen molar-refractivity contribution in [2.75, 3.05) is 19.6 Å². The van der Waals surface area contributed by atoms with Crippen LogP contribution in [0, 0.1) is 0 Å². The summed E-state index contributed by atoms with van der Waals surface area (Å²) in [6.45, 7) is 8.20. The van der Waals surface area contributed by atoms with E-state index in [1.807, 2.05) is 12.4 Å². The van der Waals surface area contributed by atoms with Crippen molar-refractivity contribution in [3.8, 4) is 0 Å². The van der Waals surface area contributed by atoms with Crippen LogP contribution < -0.4 is 5.32 Å². The number of hydrogen-bond acceptors (Lipinski definition) is 3. The number of nitrogens with one attached hydrogen (secondary N) is 1. The lowest BCUT2D eigenvalue weighted by atomic mass is 10.1. The predicted molar refractivity (Wildman–Crippen MR) is 70.9 cm³/mol. The Morgan fingerprint density at radius 3 is 2.53 bits per heavy atom. The third-order valence-electron chi connectivity index (χ3n) is 3.47. The second kappa shape index (κ2) is 6.12. The zero-order valence-corrected chi connectivity index (χ0v) is 10.9. The van der Waals surface area contributed by atoms with Crippen molar-refractivity contribution in [3.63, 3.8) is 0 Å². The molecule has 0 spiro atoms. The first-order chi connectivity index (χ1) is 8.25. The molecule has 3 nitrogen and oxygen atoms in total. The Morgan fingerprint density at radius 1 is 1.24 bits per heavy atom. The molecule has 1 aliphatic heterocycles. The molecule has 0 aromatic carbocycles. The molecule has 0 saturated carbocycles. The zero-order valence-electron chi connectivity index (χ0n) is 10.9. The van der Waals surface area contributed by atoms with Gasteiger partial charge in [0, 0.05) is 31.0 Å². The molecule has 2 rings (SSSR count). The van der Waals surface area contributed by atoms with Crippen molar-refractivity contribution in [2.45, 2.75) is 38.8 Å². The molecule has 1 fully saturated rings. The maximum absolute atomic E-state index is 4.05. The molecule has 2 heterocycles. The van der Waals surface area contributed by atoms with Gasteiger partial charge in [-0.15, -0.1) is 0 Å². The van der Waals surface area contributed by atoms with Crippen LogP contribution in [0.5, 0.6) is 0 Å². The van der Waals surface area contributed by atoms with Crippen LogP contribution in [0.3, 0.4) is 0 Å². The lowest BCUT2D eigenvalue weighted by Crippen LogP contribution is -2.39. The maximum Gasteiger partial charge on any atom is 0.0295 e. The van der Waals surface area contributed by atoms with Crippen molar-refractivity contribution in [1.82, 2.24) is 15.2 Å². The number of pyridine rings is 1. The van der Waals surface area contributed by atoms with Gasteiger partial charge in [0.15, 0.2) is 0 Å². The van der Waals surface area contributed by atoms with E-state index in [9.17, 15) is 0 Å². The first-order valence-corrected chi connectivity index (χ1v) is 6.64. The Hall–Kier alpha value is -0.930. The van der Waals surface area contributed by atoms with E-state index in [1.165, 1.54) is 31.5 Å². The molecule has 2 unspecified atom stereocenters. The minimum absolute atomic E-state index is 0.399. The Balaban J connectivity index is 1.79. The van der Waals surface area contributed by atoms with E-state index in [0.29, 0.717) is 12.1 Å². The maximum atomic E-state index is 4.05. The number of likely N-dealkylation sites (tertiary alicyclic amines) is 1. The van der Waals surface area contributed by atoms with Gasteiger partial charge in [-0.3, -0.25) is 4.98 Å². The number of nitrogens with zero attached hydrogens (tertiary/aromatic N) is 2. The third kappa shape index (κ3) is 3.79. The molecule has 0 bridgehead atoms. The predicted octanol–water partition coefficient (Wildman–Crippen LogP) is 2.22. The van der Waals surface area contributed by atoms with E-state index in [-0.39, 0.29) is 0 Å². The second-order valence-corrected chi connectivity index (χ2v) is 5.08. The van der Waals surface area contributed by atoms with E-state index in [2.05, 4.69) is 41.2 Å². The number of hydrogen-bond donors (Lipinski definition) is 1. The van der Waals surface area contributed by atoms with Crippen molar-refractivity contribution in [1.29, 1.82) is 0 Å². The topological polar surface area (TPSA) is 28.2 Å². The van der Waals surface area contributed by atoms with Crippen LogP contribution in [0.15, 0.2) is 24.5 Å². The molecule has 17 heavy (non-hydrogen) atoms. The molecule has 1 aromatic rings. The van der Waals surface area contributed by atoms with Gasteiger partial charge < -0.3 is 10.2 Å². The fraction of sp³-hybridized carbons (Fsp3) is 0.643. The van der Waals surface area contributed by atoms with E-state index in [0.717, 1.165) is 6.54 Å². The number of aromatic nitrogens is 1. The molecule has 0 radical (unpaired) electrons. The van der Waals surface area contributed by atoms with Gasteiger partial charge >= 0.3 is 0 Å². The summed E-state index contributed by atoms with van der Waals surface area (Å²) in [5, 5.41) is 3.65. The van der Waals surface area contributed by atoms with E-state index < -0.39 is 0 Å². The Kier molecular flexibility index (Phi) is 4.51. The van der Waals surface area contributed by atoms with Crippen LogP contribution in [-0.2, 0) is 0 Å². The van der Waals surface area contributed by atoms with Crippen LogP contribution in [0.1, 0.15) is 38.3 Å². The van der Waals surface area contributed by atoms with Gasteiger partial charge in [0.1, 0.15) is 0 Å². The Morgan fingerprint density at radius 2 is 1.88 bits per heavy atom. The standard InChI is InChI=1S/C14H23N3/c1-12(11-17-9-3-4-10-17)16-13(2)14-5-7-15-8-6-14/h5-8,12-13,16H,3-4,9-11H2,1-2H3. The second-order valence-electron chi connectivity index (χ2n) is 5.08. The van der Waals surface area contributed by atoms with Gasteiger partial charge in [-0.1, -0.05) is 0 Å². The highest BCUT2D eigenvalue weighted by Crippen LogP contribution is 2.13. The summed E-state index contributed by atoms with van der Waals surface area (Å²) in [7, 11) is 0. The molecule has 3 heteroatoms. The van der Waals surface area contributed by atoms with Crippen molar-refractivity contribution in [3.05, 3.63) is 30.1 Å². The van der Waals surface area contributed by atoms with Crippen LogP contribution in [0.25, 0.3) is 0 Å². The molecular weight excluding hydrogens is 210 g/mol. The largest absolute Gasteiger partial charge is 0.306 e. The summed E-state index contributed by atoms with van der Waals surface area (Å²) in [4.78, 5) is 6.61. The van der Waals surface area contributed by atoms with Gasteiger partial charge in [0.25, 0.3) is 0 Å². The SMILES string of the molecule is CC(CN1CCCC1)NC(C)c1ccncc1. The smallest absolute Gasteiger partial charge is 0.0295 e. The fourth-order valence-corrected chi connectivity index (χ4v) is 2.58. The average molecular weight is 233 g/mol. The summed E-state index contributed by atoms with van der Waals surface area (Å²) in [5.74, 6) is 0. The highest BCUT2D eigenvalue weighted by Gasteiger charge is 2.16.